The third kappa shape index (κ3) is 8.13. The number of rotatable bonds is 13. The average Bonchev–Trinajstić information content (AvgIpc) is 3.45. The molecule has 0 radical (unpaired) electrons. The minimum absolute atomic E-state index is 0.0120. The van der Waals surface area contributed by atoms with Crippen LogP contribution in [0.1, 0.15) is 34.6 Å². The van der Waals surface area contributed by atoms with Crippen LogP contribution in [0.3, 0.4) is 0 Å². The van der Waals surface area contributed by atoms with E-state index < -0.39 is 30.4 Å². The van der Waals surface area contributed by atoms with E-state index in [1.807, 2.05) is 0 Å². The van der Waals surface area contributed by atoms with Crippen LogP contribution in [0.25, 0.3) is 11.0 Å². The van der Waals surface area contributed by atoms with Gasteiger partial charge in [0.1, 0.15) is 17.7 Å². The Morgan fingerprint density at radius 1 is 1.09 bits per heavy atom. The first-order valence-electron chi connectivity index (χ1n) is 13.3. The van der Waals surface area contributed by atoms with Crippen LogP contribution in [-0.2, 0) is 30.5 Å². The lowest BCUT2D eigenvalue weighted by molar-refractivity contribution is -0.149. The number of methoxy groups -OCH3 is 1. The van der Waals surface area contributed by atoms with Crippen LogP contribution < -0.4 is 21.7 Å². The van der Waals surface area contributed by atoms with Gasteiger partial charge >= 0.3 is 17.9 Å². The van der Waals surface area contributed by atoms with Crippen LogP contribution >= 0.6 is 0 Å². The number of benzene rings is 2. The molecule has 4 rings (SSSR count). The van der Waals surface area contributed by atoms with Crippen LogP contribution in [0, 0.1) is 0 Å². The Morgan fingerprint density at radius 2 is 1.84 bits per heavy atom. The lowest BCUT2D eigenvalue weighted by atomic mass is 10.1. The van der Waals surface area contributed by atoms with E-state index in [2.05, 4.69) is 30.3 Å². The normalized spacial score (nSPS) is 11.9. The fourth-order valence-corrected chi connectivity index (χ4v) is 4.00. The molecule has 0 bridgehead atoms. The minimum Gasteiger partial charge on any atom is -0.481 e. The number of esters is 1. The molecule has 1 unspecified atom stereocenters. The third-order valence-electron chi connectivity index (χ3n) is 6.29. The van der Waals surface area contributed by atoms with Crippen molar-refractivity contribution in [2.24, 2.45) is 16.6 Å². The number of pyridine rings is 1. The molecule has 0 fully saturated rings. The molecular formula is C29H30N8O7. The zero-order valence-corrected chi connectivity index (χ0v) is 23.6. The maximum absolute atomic E-state index is 13.4. The maximum Gasteiger partial charge on any atom is 0.352 e. The minimum atomic E-state index is -1.36. The number of hydrogen-bond donors (Lipinski definition) is 5. The number of carbonyl (C=O) groups excluding carboxylic acids is 3. The third-order valence-corrected chi connectivity index (χ3v) is 6.29. The summed E-state index contributed by atoms with van der Waals surface area (Å²) >= 11 is 0. The largest absolute Gasteiger partial charge is 0.481 e. The number of H-pyrrole nitrogens is 1. The maximum atomic E-state index is 13.4. The van der Waals surface area contributed by atoms with E-state index in [9.17, 15) is 19.2 Å². The van der Waals surface area contributed by atoms with Gasteiger partial charge in [0.2, 0.25) is 0 Å². The lowest BCUT2D eigenvalue weighted by Crippen LogP contribution is -2.34. The number of nitrogens with one attached hydrogen (secondary N) is 2. The number of carboxylic acids is 1. The lowest BCUT2D eigenvalue weighted by Gasteiger charge is -2.21. The summed E-state index contributed by atoms with van der Waals surface area (Å²) in [7, 11) is 1.29. The van der Waals surface area contributed by atoms with Crippen molar-refractivity contribution < 1.29 is 33.9 Å². The van der Waals surface area contributed by atoms with Gasteiger partial charge in [0.25, 0.3) is 5.91 Å². The van der Waals surface area contributed by atoms with Crippen molar-refractivity contribution in [3.8, 4) is 0 Å². The number of fused-ring (bicyclic) bond motifs is 1. The van der Waals surface area contributed by atoms with Crippen molar-refractivity contribution in [2.75, 3.05) is 23.9 Å². The van der Waals surface area contributed by atoms with Gasteiger partial charge in [-0.2, -0.15) is 0 Å². The standard InChI is InChI=1S/C29H30N8O7/c1-43-26(40)11-13-37(24-4-2-3-12-32-24)28(41)18-7-10-21-22(14-18)35-23(34-21)16-33-19-8-5-17(6-9-19)27(31)36-44-29(42)20(30)15-25(38)39/h2-10,12,14,20,33H,11,13,15-16,30H2,1H3,(H2,31,36)(H,34,35)(H,38,39). The van der Waals surface area contributed by atoms with Gasteiger partial charge in [0.05, 0.1) is 37.5 Å². The van der Waals surface area contributed by atoms with Crippen LogP contribution in [0.2, 0.25) is 0 Å². The van der Waals surface area contributed by atoms with E-state index in [-0.39, 0.29) is 24.7 Å². The zero-order chi connectivity index (χ0) is 31.6. The Hall–Kier alpha value is -5.83. The summed E-state index contributed by atoms with van der Waals surface area (Å²) in [6, 6.07) is 15.7. The molecule has 1 amide bonds. The average molecular weight is 603 g/mol. The van der Waals surface area contributed by atoms with E-state index >= 15 is 0 Å². The number of amidine groups is 1. The predicted molar refractivity (Wildman–Crippen MR) is 159 cm³/mol. The zero-order valence-electron chi connectivity index (χ0n) is 23.6. The van der Waals surface area contributed by atoms with Gasteiger partial charge in [0, 0.05) is 29.6 Å². The summed E-state index contributed by atoms with van der Waals surface area (Å²) in [6.07, 6.45) is 0.988. The quantitative estimate of drug-likeness (QED) is 0.0485. The number of aromatic amines is 1. The summed E-state index contributed by atoms with van der Waals surface area (Å²) in [5.74, 6) is -2.09. The van der Waals surface area contributed by atoms with Crippen molar-refractivity contribution in [1.29, 1.82) is 0 Å². The second-order valence-corrected chi connectivity index (χ2v) is 9.41. The van der Waals surface area contributed by atoms with Crippen molar-refractivity contribution in [3.63, 3.8) is 0 Å². The van der Waals surface area contributed by atoms with Crippen molar-refractivity contribution in [3.05, 3.63) is 83.8 Å². The highest BCUT2D eigenvalue weighted by Gasteiger charge is 2.21. The first-order chi connectivity index (χ1) is 21.1. The van der Waals surface area contributed by atoms with Gasteiger partial charge in [-0.3, -0.25) is 19.3 Å². The van der Waals surface area contributed by atoms with Crippen molar-refractivity contribution in [2.45, 2.75) is 25.4 Å². The molecular weight excluding hydrogens is 572 g/mol. The van der Waals surface area contributed by atoms with Gasteiger partial charge in [-0.05, 0) is 54.6 Å². The number of anilines is 2. The van der Waals surface area contributed by atoms with Gasteiger partial charge in [-0.1, -0.05) is 11.2 Å². The molecule has 15 nitrogen and oxygen atoms in total. The number of amides is 1. The highest BCUT2D eigenvalue weighted by Crippen LogP contribution is 2.20. The number of carboxylic acid groups (broad SMARTS) is 1. The van der Waals surface area contributed by atoms with E-state index in [1.165, 1.54) is 12.0 Å². The first-order valence-corrected chi connectivity index (χ1v) is 13.3. The fraction of sp³-hybridized carbons (Fsp3) is 0.207. The highest BCUT2D eigenvalue weighted by molar-refractivity contribution is 6.07. The molecule has 2 aromatic carbocycles. The molecule has 0 aliphatic carbocycles. The smallest absolute Gasteiger partial charge is 0.352 e. The molecule has 44 heavy (non-hydrogen) atoms. The number of ether oxygens (including phenoxy) is 1. The molecule has 15 heteroatoms. The Labute approximate surface area is 250 Å². The number of hydrogen-bond acceptors (Lipinski definition) is 11. The van der Waals surface area contributed by atoms with Crippen LogP contribution in [0.4, 0.5) is 11.5 Å². The first kappa shape index (κ1) is 31.1. The van der Waals surface area contributed by atoms with Crippen LogP contribution in [0.15, 0.2) is 72.0 Å². The molecule has 2 aromatic heterocycles. The Bertz CT molecular complexity index is 1670. The second kappa shape index (κ2) is 14.4. The van der Waals surface area contributed by atoms with Gasteiger partial charge < -0.3 is 36.4 Å². The number of nitrogens with zero attached hydrogens (tertiary/aromatic N) is 4. The molecule has 2 heterocycles. The molecule has 0 saturated carbocycles. The summed E-state index contributed by atoms with van der Waals surface area (Å²) in [5.41, 5.74) is 14.2. The number of aromatic nitrogens is 3. The summed E-state index contributed by atoms with van der Waals surface area (Å²) in [5, 5.41) is 15.4. The Balaban J connectivity index is 1.39. The topological polar surface area (TPSA) is 228 Å². The highest BCUT2D eigenvalue weighted by atomic mass is 16.7. The SMILES string of the molecule is COC(=O)CCN(C(=O)c1ccc2nc(CNc3ccc(/C(N)=N/OC(=O)C(N)CC(=O)O)cc3)[nH]c2c1)c1ccccn1. The predicted octanol–water partition coefficient (Wildman–Crippen LogP) is 1.75. The fourth-order valence-electron chi connectivity index (χ4n) is 4.00. The molecule has 1 atom stereocenters. The number of carbonyl (C=O) groups is 4. The van der Waals surface area contributed by atoms with Gasteiger partial charge in [0.15, 0.2) is 5.84 Å². The van der Waals surface area contributed by atoms with E-state index in [1.54, 1.807) is 66.9 Å². The van der Waals surface area contributed by atoms with Crippen molar-refractivity contribution >= 4 is 52.2 Å². The summed E-state index contributed by atoms with van der Waals surface area (Å²) in [6.45, 7) is 0.431. The monoisotopic (exact) mass is 602 g/mol. The summed E-state index contributed by atoms with van der Waals surface area (Å²) in [4.78, 5) is 65.7. The van der Waals surface area contributed by atoms with Crippen LogP contribution in [-0.4, -0.2) is 69.4 Å². The van der Waals surface area contributed by atoms with E-state index in [0.717, 1.165) is 5.69 Å². The number of imidazole rings is 1. The van der Waals surface area contributed by atoms with E-state index in [4.69, 9.17) is 21.3 Å². The van der Waals surface area contributed by atoms with Gasteiger partial charge in [-0.25, -0.2) is 14.8 Å². The Kier molecular flexibility index (Phi) is 10.2. The number of nitrogens with two attached hydrogens (primary N) is 2. The number of aliphatic carboxylic acids is 1. The molecule has 4 aromatic rings. The van der Waals surface area contributed by atoms with Gasteiger partial charge in [-0.15, -0.1) is 0 Å². The molecule has 7 N–H and O–H groups in total. The second-order valence-electron chi connectivity index (χ2n) is 9.41. The molecule has 0 aliphatic heterocycles. The molecule has 0 spiro atoms. The Morgan fingerprint density at radius 3 is 2.52 bits per heavy atom. The molecule has 0 saturated heterocycles. The van der Waals surface area contributed by atoms with Crippen molar-refractivity contribution in [1.82, 2.24) is 15.0 Å². The molecule has 228 valence electrons. The van der Waals surface area contributed by atoms with E-state index in [0.29, 0.717) is 40.3 Å². The summed E-state index contributed by atoms with van der Waals surface area (Å²) < 4.78 is 4.73. The van der Waals surface area contributed by atoms with Crippen LogP contribution in [0.5, 0.6) is 0 Å². The molecule has 0 aliphatic rings. The number of oxime groups is 1.